The van der Waals surface area contributed by atoms with Gasteiger partial charge in [-0.25, -0.2) is 0 Å². The topological polar surface area (TPSA) is 0 Å². The summed E-state index contributed by atoms with van der Waals surface area (Å²) < 4.78 is 0. The van der Waals surface area contributed by atoms with Crippen molar-refractivity contribution in [2.75, 3.05) is 0 Å². The lowest BCUT2D eigenvalue weighted by Gasteiger charge is -2.05. The van der Waals surface area contributed by atoms with E-state index in [9.17, 15) is 0 Å². The van der Waals surface area contributed by atoms with Gasteiger partial charge in [0.25, 0.3) is 0 Å². The lowest BCUT2D eigenvalue weighted by molar-refractivity contribution is 0.645. The van der Waals surface area contributed by atoms with E-state index in [1.807, 2.05) is 12.2 Å². The van der Waals surface area contributed by atoms with Gasteiger partial charge in [0.05, 0.1) is 0 Å². The Labute approximate surface area is 83.0 Å². The standard InChI is InChI=1S/C13H21/c1-5-7-8-9-13(4)11-10-12(3)6-2/h5-7,9,12H,1-2,8,10-11H2,3-4H3. The molecule has 0 spiro atoms. The smallest absolute Gasteiger partial charge is 0.0136 e. The van der Waals surface area contributed by atoms with Crippen molar-refractivity contribution >= 4 is 0 Å². The SMILES string of the molecule is C=C[CH]CC=C(C)CCC(C)C=C. The van der Waals surface area contributed by atoms with Crippen LogP contribution in [0.4, 0.5) is 0 Å². The largest absolute Gasteiger partial charge is 0.103 e. The van der Waals surface area contributed by atoms with Gasteiger partial charge >= 0.3 is 0 Å². The van der Waals surface area contributed by atoms with E-state index < -0.39 is 0 Å². The molecule has 0 saturated carbocycles. The number of hydrogen-bond donors (Lipinski definition) is 0. The highest BCUT2D eigenvalue weighted by Gasteiger charge is 1.96. The molecule has 1 atom stereocenters. The van der Waals surface area contributed by atoms with Gasteiger partial charge in [-0.1, -0.05) is 30.7 Å². The number of hydrogen-bond acceptors (Lipinski definition) is 0. The van der Waals surface area contributed by atoms with E-state index in [1.54, 1.807) is 0 Å². The molecular weight excluding hydrogens is 156 g/mol. The molecule has 0 N–H and O–H groups in total. The quantitative estimate of drug-likeness (QED) is 0.401. The molecule has 13 heavy (non-hydrogen) atoms. The van der Waals surface area contributed by atoms with Crippen LogP contribution in [0.2, 0.25) is 0 Å². The summed E-state index contributed by atoms with van der Waals surface area (Å²) in [7, 11) is 0. The van der Waals surface area contributed by atoms with E-state index in [0.29, 0.717) is 5.92 Å². The van der Waals surface area contributed by atoms with Gasteiger partial charge in [-0.2, -0.15) is 0 Å². The van der Waals surface area contributed by atoms with Gasteiger partial charge < -0.3 is 0 Å². The van der Waals surface area contributed by atoms with Crippen LogP contribution in [0.15, 0.2) is 37.0 Å². The fourth-order valence-corrected chi connectivity index (χ4v) is 1.04. The van der Waals surface area contributed by atoms with Crippen molar-refractivity contribution in [1.82, 2.24) is 0 Å². The second kappa shape index (κ2) is 7.85. The van der Waals surface area contributed by atoms with Crippen LogP contribution in [0.25, 0.3) is 0 Å². The van der Waals surface area contributed by atoms with Crippen molar-refractivity contribution in [3.05, 3.63) is 43.4 Å². The number of unbranched alkanes of at least 4 members (excludes halogenated alkanes) is 1. The first-order chi connectivity index (χ1) is 6.20. The van der Waals surface area contributed by atoms with Crippen molar-refractivity contribution in [1.29, 1.82) is 0 Å². The summed E-state index contributed by atoms with van der Waals surface area (Å²) in [4.78, 5) is 0. The highest BCUT2D eigenvalue weighted by atomic mass is 14.0. The van der Waals surface area contributed by atoms with Crippen LogP contribution in [-0.4, -0.2) is 0 Å². The molecule has 1 unspecified atom stereocenters. The minimum atomic E-state index is 0.631. The Kier molecular flexibility index (Phi) is 7.38. The average molecular weight is 177 g/mol. The maximum Gasteiger partial charge on any atom is -0.0136 e. The minimum Gasteiger partial charge on any atom is -0.103 e. The maximum absolute atomic E-state index is 3.78. The van der Waals surface area contributed by atoms with Crippen molar-refractivity contribution < 1.29 is 0 Å². The molecule has 0 aromatic rings. The van der Waals surface area contributed by atoms with Crippen LogP contribution in [0, 0.1) is 12.3 Å². The summed E-state index contributed by atoms with van der Waals surface area (Å²) in [6.45, 7) is 11.8. The Morgan fingerprint density at radius 3 is 2.62 bits per heavy atom. The van der Waals surface area contributed by atoms with Crippen molar-refractivity contribution in [3.63, 3.8) is 0 Å². The fraction of sp³-hybridized carbons (Fsp3) is 0.462. The van der Waals surface area contributed by atoms with Crippen molar-refractivity contribution in [3.8, 4) is 0 Å². The van der Waals surface area contributed by atoms with Crippen LogP contribution >= 0.6 is 0 Å². The summed E-state index contributed by atoms with van der Waals surface area (Å²) in [6, 6.07) is 0. The highest BCUT2D eigenvalue weighted by molar-refractivity contribution is 5.03. The van der Waals surface area contributed by atoms with Crippen LogP contribution in [0.1, 0.15) is 33.1 Å². The Hall–Kier alpha value is -0.780. The summed E-state index contributed by atoms with van der Waals surface area (Å²) in [5.41, 5.74) is 1.46. The molecule has 0 heteroatoms. The lowest BCUT2D eigenvalue weighted by atomic mass is 10.0. The third kappa shape index (κ3) is 7.58. The first-order valence-corrected chi connectivity index (χ1v) is 4.93. The van der Waals surface area contributed by atoms with E-state index in [0.717, 1.165) is 6.42 Å². The molecule has 0 saturated heterocycles. The van der Waals surface area contributed by atoms with Gasteiger partial charge in [0, 0.05) is 0 Å². The zero-order valence-corrected chi connectivity index (χ0v) is 8.92. The van der Waals surface area contributed by atoms with Crippen LogP contribution in [0.3, 0.4) is 0 Å². The van der Waals surface area contributed by atoms with E-state index >= 15 is 0 Å². The number of rotatable bonds is 7. The molecule has 0 nitrogen and oxygen atoms in total. The monoisotopic (exact) mass is 177 g/mol. The normalized spacial score (nSPS) is 13.8. The number of allylic oxidation sites excluding steroid dienone is 4. The van der Waals surface area contributed by atoms with E-state index in [2.05, 4.69) is 39.5 Å². The highest BCUT2D eigenvalue weighted by Crippen LogP contribution is 2.12. The predicted octanol–water partition coefficient (Wildman–Crippen LogP) is 4.32. The van der Waals surface area contributed by atoms with Crippen LogP contribution in [0.5, 0.6) is 0 Å². The van der Waals surface area contributed by atoms with Crippen molar-refractivity contribution in [2.45, 2.75) is 33.1 Å². The fourth-order valence-electron chi connectivity index (χ4n) is 1.04. The molecule has 0 aromatic heterocycles. The first kappa shape index (κ1) is 12.2. The summed E-state index contributed by atoms with van der Waals surface area (Å²) >= 11 is 0. The molecule has 0 bridgehead atoms. The van der Waals surface area contributed by atoms with Crippen LogP contribution < -0.4 is 0 Å². The molecule has 0 rings (SSSR count). The molecule has 0 aliphatic heterocycles. The van der Waals surface area contributed by atoms with E-state index in [-0.39, 0.29) is 0 Å². The van der Waals surface area contributed by atoms with Crippen molar-refractivity contribution in [2.24, 2.45) is 5.92 Å². The Bertz CT molecular complexity index is 174. The van der Waals surface area contributed by atoms with E-state index in [4.69, 9.17) is 0 Å². The predicted molar refractivity (Wildman–Crippen MR) is 61.5 cm³/mol. The molecule has 0 aliphatic carbocycles. The molecule has 0 aromatic carbocycles. The van der Waals surface area contributed by atoms with Gasteiger partial charge in [0.1, 0.15) is 0 Å². The van der Waals surface area contributed by atoms with E-state index in [1.165, 1.54) is 18.4 Å². The van der Waals surface area contributed by atoms with Gasteiger partial charge in [-0.05, 0) is 38.5 Å². The van der Waals surface area contributed by atoms with Crippen LogP contribution in [-0.2, 0) is 0 Å². The zero-order valence-electron chi connectivity index (χ0n) is 8.92. The summed E-state index contributed by atoms with van der Waals surface area (Å²) in [5.74, 6) is 0.631. The lowest BCUT2D eigenvalue weighted by Crippen LogP contribution is -1.89. The van der Waals surface area contributed by atoms with Gasteiger partial charge in [0.2, 0.25) is 0 Å². The Balaban J connectivity index is 3.59. The second-order valence-corrected chi connectivity index (χ2v) is 3.51. The summed E-state index contributed by atoms with van der Waals surface area (Å²) in [6.07, 6.45) is 11.6. The second-order valence-electron chi connectivity index (χ2n) is 3.51. The molecule has 0 aliphatic rings. The minimum absolute atomic E-state index is 0.631. The molecule has 1 radical (unpaired) electrons. The molecule has 73 valence electrons. The van der Waals surface area contributed by atoms with Gasteiger partial charge in [-0.3, -0.25) is 0 Å². The van der Waals surface area contributed by atoms with Gasteiger partial charge in [0.15, 0.2) is 0 Å². The molecule has 0 fully saturated rings. The summed E-state index contributed by atoms with van der Waals surface area (Å²) in [5, 5.41) is 0. The Morgan fingerprint density at radius 1 is 1.38 bits per heavy atom. The molecule has 0 amide bonds. The maximum atomic E-state index is 3.78. The third-order valence-electron chi connectivity index (χ3n) is 2.17. The van der Waals surface area contributed by atoms with Gasteiger partial charge in [-0.15, -0.1) is 13.2 Å². The Morgan fingerprint density at radius 2 is 2.08 bits per heavy atom. The molecular formula is C13H21. The third-order valence-corrected chi connectivity index (χ3v) is 2.17. The average Bonchev–Trinajstić information content (AvgIpc) is 2.14. The zero-order chi connectivity index (χ0) is 10.1. The first-order valence-electron chi connectivity index (χ1n) is 4.93. The molecule has 0 heterocycles.